The van der Waals surface area contributed by atoms with Gasteiger partial charge in [-0.3, -0.25) is 0 Å². The summed E-state index contributed by atoms with van der Waals surface area (Å²) < 4.78 is 0. The maximum atomic E-state index is 6.28. The van der Waals surface area contributed by atoms with Crippen molar-refractivity contribution in [3.8, 4) is 0 Å². The van der Waals surface area contributed by atoms with E-state index in [1.165, 1.54) is 31.2 Å². The second kappa shape index (κ2) is 5.90. The van der Waals surface area contributed by atoms with Crippen LogP contribution in [0, 0.1) is 5.92 Å². The lowest BCUT2D eigenvalue weighted by atomic mass is 9.95. The largest absolute Gasteiger partial charge is 0.354 e. The van der Waals surface area contributed by atoms with E-state index in [2.05, 4.69) is 35.1 Å². The zero-order chi connectivity index (χ0) is 14.1. The van der Waals surface area contributed by atoms with E-state index >= 15 is 0 Å². The maximum absolute atomic E-state index is 6.28. The predicted molar refractivity (Wildman–Crippen MR) is 84.3 cm³/mol. The van der Waals surface area contributed by atoms with Crippen LogP contribution in [0.2, 0.25) is 5.02 Å². The molecule has 4 heteroatoms. The predicted octanol–water partition coefficient (Wildman–Crippen LogP) is 3.61. The molecule has 0 radical (unpaired) electrons. The van der Waals surface area contributed by atoms with Crippen LogP contribution in [0.3, 0.4) is 0 Å². The molecule has 1 saturated carbocycles. The fraction of sp³-hybridized carbons (Fsp3) is 0.688. The molecule has 2 unspecified atom stereocenters. The summed E-state index contributed by atoms with van der Waals surface area (Å²) in [5.41, 5.74) is 1.17. The zero-order valence-corrected chi connectivity index (χ0v) is 13.2. The van der Waals surface area contributed by atoms with E-state index in [0.717, 1.165) is 29.8 Å². The third-order valence-corrected chi connectivity index (χ3v) is 4.83. The molecule has 110 valence electrons. The summed E-state index contributed by atoms with van der Waals surface area (Å²) in [6.45, 7) is 6.58. The van der Waals surface area contributed by atoms with E-state index in [1.54, 1.807) is 0 Å². The van der Waals surface area contributed by atoms with Crippen molar-refractivity contribution in [2.24, 2.45) is 5.92 Å². The van der Waals surface area contributed by atoms with E-state index in [-0.39, 0.29) is 0 Å². The Bertz CT molecular complexity index is 473. The summed E-state index contributed by atoms with van der Waals surface area (Å²) in [5, 5.41) is 4.31. The number of piperidine rings is 1. The molecule has 2 aliphatic rings. The summed E-state index contributed by atoms with van der Waals surface area (Å²) in [6, 6.07) is 3.45. The first kappa shape index (κ1) is 14.2. The van der Waals surface area contributed by atoms with Crippen molar-refractivity contribution in [1.82, 2.24) is 10.3 Å². The number of nitrogens with one attached hydrogen (secondary N) is 1. The van der Waals surface area contributed by atoms with Gasteiger partial charge < -0.3 is 10.2 Å². The topological polar surface area (TPSA) is 28.2 Å². The van der Waals surface area contributed by atoms with Gasteiger partial charge in [0.05, 0.1) is 5.02 Å². The summed E-state index contributed by atoms with van der Waals surface area (Å²) >= 11 is 6.28. The van der Waals surface area contributed by atoms with Gasteiger partial charge in [0, 0.05) is 31.4 Å². The molecule has 20 heavy (non-hydrogen) atoms. The number of aromatic nitrogens is 1. The molecule has 2 atom stereocenters. The van der Waals surface area contributed by atoms with Crippen LogP contribution in [0.15, 0.2) is 12.3 Å². The molecule has 0 amide bonds. The molecule has 1 aliphatic carbocycles. The van der Waals surface area contributed by atoms with Crippen LogP contribution >= 0.6 is 11.6 Å². The minimum absolute atomic E-state index is 0.573. The Morgan fingerprint density at radius 1 is 1.30 bits per heavy atom. The molecule has 0 bridgehead atoms. The van der Waals surface area contributed by atoms with Crippen LogP contribution in [0.5, 0.6) is 0 Å². The summed E-state index contributed by atoms with van der Waals surface area (Å²) in [4.78, 5) is 6.99. The summed E-state index contributed by atoms with van der Waals surface area (Å²) in [5.74, 6) is 1.83. The minimum Gasteiger partial charge on any atom is -0.354 e. The molecule has 2 heterocycles. The lowest BCUT2D eigenvalue weighted by Crippen LogP contribution is -2.41. The van der Waals surface area contributed by atoms with Gasteiger partial charge in [-0.1, -0.05) is 18.5 Å². The van der Waals surface area contributed by atoms with Crippen LogP contribution in [-0.4, -0.2) is 23.6 Å². The van der Waals surface area contributed by atoms with E-state index in [1.807, 2.05) is 6.20 Å². The van der Waals surface area contributed by atoms with Gasteiger partial charge in [0.25, 0.3) is 0 Å². The molecule has 0 spiro atoms. The number of rotatable bonds is 4. The third kappa shape index (κ3) is 3.26. The lowest BCUT2D eigenvalue weighted by molar-refractivity contribution is 0.388. The first-order valence-corrected chi connectivity index (χ1v) is 8.15. The molecule has 1 saturated heterocycles. The van der Waals surface area contributed by atoms with Crippen molar-refractivity contribution >= 4 is 17.4 Å². The monoisotopic (exact) mass is 293 g/mol. The molecule has 3 nitrogen and oxygen atoms in total. The average Bonchev–Trinajstić information content (AvgIpc) is 3.25. The molecule has 1 aromatic rings. The molecule has 1 aliphatic heterocycles. The van der Waals surface area contributed by atoms with Gasteiger partial charge in [-0.25, -0.2) is 4.98 Å². The third-order valence-electron chi connectivity index (χ3n) is 4.49. The molecule has 0 aromatic carbocycles. The first-order valence-electron chi connectivity index (χ1n) is 7.78. The number of halogens is 1. The number of pyridine rings is 1. The Hall–Kier alpha value is -0.800. The highest BCUT2D eigenvalue weighted by Crippen LogP contribution is 2.29. The Kier molecular flexibility index (Phi) is 4.18. The zero-order valence-electron chi connectivity index (χ0n) is 12.4. The SMILES string of the molecule is CC1CCC(C)N(c2cc(CNC3CC3)c(Cl)cn2)C1. The lowest BCUT2D eigenvalue weighted by Gasteiger charge is -2.38. The van der Waals surface area contributed by atoms with Crippen molar-refractivity contribution in [3.63, 3.8) is 0 Å². The van der Waals surface area contributed by atoms with Crippen LogP contribution in [0.4, 0.5) is 5.82 Å². The van der Waals surface area contributed by atoms with Crippen LogP contribution < -0.4 is 10.2 Å². The van der Waals surface area contributed by atoms with Crippen molar-refractivity contribution in [2.75, 3.05) is 11.4 Å². The Morgan fingerprint density at radius 2 is 2.10 bits per heavy atom. The van der Waals surface area contributed by atoms with Crippen molar-refractivity contribution in [2.45, 2.75) is 58.2 Å². The molecule has 3 rings (SSSR count). The molecule has 1 N–H and O–H groups in total. The highest BCUT2D eigenvalue weighted by molar-refractivity contribution is 6.31. The second-order valence-corrected chi connectivity index (χ2v) is 6.88. The average molecular weight is 294 g/mol. The molecule has 1 aromatic heterocycles. The Labute approximate surface area is 126 Å². The number of anilines is 1. The van der Waals surface area contributed by atoms with E-state index in [4.69, 9.17) is 11.6 Å². The quantitative estimate of drug-likeness (QED) is 0.919. The van der Waals surface area contributed by atoms with Crippen molar-refractivity contribution in [3.05, 3.63) is 22.8 Å². The second-order valence-electron chi connectivity index (χ2n) is 6.47. The van der Waals surface area contributed by atoms with Gasteiger partial charge in [-0.15, -0.1) is 0 Å². The Morgan fingerprint density at radius 3 is 2.85 bits per heavy atom. The van der Waals surface area contributed by atoms with Gasteiger partial charge in [-0.05, 0) is 50.2 Å². The van der Waals surface area contributed by atoms with Gasteiger partial charge >= 0.3 is 0 Å². The number of hydrogen-bond donors (Lipinski definition) is 1. The summed E-state index contributed by atoms with van der Waals surface area (Å²) in [6.07, 6.45) is 6.99. The van der Waals surface area contributed by atoms with E-state index in [9.17, 15) is 0 Å². The fourth-order valence-electron chi connectivity index (χ4n) is 2.91. The normalized spacial score (nSPS) is 26.9. The highest BCUT2D eigenvalue weighted by Gasteiger charge is 2.25. The molecule has 2 fully saturated rings. The fourth-order valence-corrected chi connectivity index (χ4v) is 3.08. The smallest absolute Gasteiger partial charge is 0.129 e. The number of hydrogen-bond acceptors (Lipinski definition) is 3. The minimum atomic E-state index is 0.573. The first-order chi connectivity index (χ1) is 9.63. The van der Waals surface area contributed by atoms with Gasteiger partial charge in [0.1, 0.15) is 5.82 Å². The number of nitrogens with zero attached hydrogens (tertiary/aromatic N) is 2. The van der Waals surface area contributed by atoms with Crippen LogP contribution in [0.1, 0.15) is 45.1 Å². The van der Waals surface area contributed by atoms with E-state index < -0.39 is 0 Å². The van der Waals surface area contributed by atoms with Gasteiger partial charge in [0.15, 0.2) is 0 Å². The van der Waals surface area contributed by atoms with Gasteiger partial charge in [0.2, 0.25) is 0 Å². The standard InChI is InChI=1S/C16H24ClN3/c1-11-3-4-12(2)20(10-11)16-7-13(15(17)9-19-16)8-18-14-5-6-14/h7,9,11-12,14,18H,3-6,8,10H2,1-2H3. The van der Waals surface area contributed by atoms with Crippen molar-refractivity contribution in [1.29, 1.82) is 0 Å². The van der Waals surface area contributed by atoms with Gasteiger partial charge in [-0.2, -0.15) is 0 Å². The molecular formula is C16H24ClN3. The van der Waals surface area contributed by atoms with E-state index in [0.29, 0.717) is 12.1 Å². The Balaban J connectivity index is 1.75. The molecular weight excluding hydrogens is 270 g/mol. The van der Waals surface area contributed by atoms with Crippen LogP contribution in [-0.2, 0) is 6.54 Å². The van der Waals surface area contributed by atoms with Crippen molar-refractivity contribution < 1.29 is 0 Å². The van der Waals surface area contributed by atoms with Crippen LogP contribution in [0.25, 0.3) is 0 Å². The maximum Gasteiger partial charge on any atom is 0.129 e. The highest BCUT2D eigenvalue weighted by atomic mass is 35.5. The summed E-state index contributed by atoms with van der Waals surface area (Å²) in [7, 11) is 0.